The molecule has 0 radical (unpaired) electrons. The predicted octanol–water partition coefficient (Wildman–Crippen LogP) is 2.79. The van der Waals surface area contributed by atoms with Crippen molar-refractivity contribution in [2.45, 2.75) is 12.2 Å². The molecule has 0 aromatic heterocycles. The van der Waals surface area contributed by atoms with Crippen molar-refractivity contribution in [3.8, 4) is 11.5 Å². The molecule has 3 rings (SSSR count). The number of benzene rings is 2. The van der Waals surface area contributed by atoms with Crippen LogP contribution in [0.5, 0.6) is 11.5 Å². The van der Waals surface area contributed by atoms with Crippen molar-refractivity contribution in [1.29, 1.82) is 0 Å². The van der Waals surface area contributed by atoms with E-state index >= 15 is 0 Å². The maximum absolute atomic E-state index is 13.4. The van der Waals surface area contributed by atoms with Crippen molar-refractivity contribution >= 4 is 0 Å². The van der Waals surface area contributed by atoms with Crippen molar-refractivity contribution in [3.05, 3.63) is 59.7 Å². The van der Waals surface area contributed by atoms with Gasteiger partial charge in [-0.3, -0.25) is 4.90 Å². The van der Waals surface area contributed by atoms with Crippen LogP contribution >= 0.6 is 0 Å². The third-order valence-corrected chi connectivity index (χ3v) is 4.42. The second-order valence-corrected chi connectivity index (χ2v) is 6.44. The van der Waals surface area contributed by atoms with Crippen LogP contribution in [0.2, 0.25) is 0 Å². The zero-order valence-corrected chi connectivity index (χ0v) is 15.1. The first-order chi connectivity index (χ1) is 13.0. The van der Waals surface area contributed by atoms with E-state index < -0.39 is 17.7 Å². The second-order valence-electron chi connectivity index (χ2n) is 6.44. The van der Waals surface area contributed by atoms with E-state index in [-0.39, 0.29) is 12.7 Å². The lowest BCUT2D eigenvalue weighted by Crippen LogP contribution is -2.43. The van der Waals surface area contributed by atoms with Crippen molar-refractivity contribution in [3.63, 3.8) is 0 Å². The molecule has 0 amide bonds. The molecule has 1 fully saturated rings. The summed E-state index contributed by atoms with van der Waals surface area (Å²) >= 11 is 0. The SMILES string of the molecule is COc1cccc(OCC(O)CN2CCOC(c3ccc(F)c(F)c3)C2)c1. The van der Waals surface area contributed by atoms with Gasteiger partial charge in [0.15, 0.2) is 11.6 Å². The van der Waals surface area contributed by atoms with Crippen LogP contribution in [0.3, 0.4) is 0 Å². The average molecular weight is 379 g/mol. The number of aliphatic hydroxyl groups is 1. The lowest BCUT2D eigenvalue weighted by molar-refractivity contribution is -0.0460. The zero-order chi connectivity index (χ0) is 19.2. The molecule has 5 nitrogen and oxygen atoms in total. The van der Waals surface area contributed by atoms with E-state index in [1.165, 1.54) is 6.07 Å². The fraction of sp³-hybridized carbons (Fsp3) is 0.400. The van der Waals surface area contributed by atoms with E-state index in [1.807, 2.05) is 17.0 Å². The van der Waals surface area contributed by atoms with Crippen LogP contribution in [0.1, 0.15) is 11.7 Å². The Balaban J connectivity index is 1.51. The Hall–Kier alpha value is -2.22. The topological polar surface area (TPSA) is 51.2 Å². The Labute approximate surface area is 157 Å². The molecule has 1 aliphatic rings. The molecule has 7 heteroatoms. The monoisotopic (exact) mass is 379 g/mol. The number of hydrogen-bond acceptors (Lipinski definition) is 5. The summed E-state index contributed by atoms with van der Waals surface area (Å²) in [5.74, 6) is -0.462. The molecule has 1 heterocycles. The van der Waals surface area contributed by atoms with Gasteiger partial charge in [-0.25, -0.2) is 8.78 Å². The first-order valence-corrected chi connectivity index (χ1v) is 8.79. The number of aliphatic hydroxyl groups excluding tert-OH is 1. The Morgan fingerprint density at radius 1 is 1.19 bits per heavy atom. The second kappa shape index (κ2) is 9.12. The van der Waals surface area contributed by atoms with Gasteiger partial charge in [0.2, 0.25) is 0 Å². The molecular formula is C20H23F2NO4. The van der Waals surface area contributed by atoms with Gasteiger partial charge in [0, 0.05) is 25.7 Å². The van der Waals surface area contributed by atoms with Crippen LogP contribution in [-0.4, -0.2) is 56.1 Å². The zero-order valence-electron chi connectivity index (χ0n) is 15.1. The number of rotatable bonds is 7. The van der Waals surface area contributed by atoms with Crippen molar-refractivity contribution in [2.24, 2.45) is 0 Å². The minimum atomic E-state index is -0.889. The molecule has 0 aliphatic carbocycles. The standard InChI is InChI=1S/C20H23F2NO4/c1-25-16-3-2-4-17(10-16)27-13-15(24)11-23-7-8-26-20(12-23)14-5-6-18(21)19(22)9-14/h2-6,9-10,15,20,24H,7-8,11-13H2,1H3. The third-order valence-electron chi connectivity index (χ3n) is 4.42. The Morgan fingerprint density at radius 2 is 2.00 bits per heavy atom. The molecule has 146 valence electrons. The first kappa shape index (κ1) is 19.5. The summed E-state index contributed by atoms with van der Waals surface area (Å²) in [5, 5.41) is 10.3. The highest BCUT2D eigenvalue weighted by molar-refractivity contribution is 5.32. The molecule has 0 saturated carbocycles. The van der Waals surface area contributed by atoms with Gasteiger partial charge in [-0.1, -0.05) is 12.1 Å². The smallest absolute Gasteiger partial charge is 0.159 e. The van der Waals surface area contributed by atoms with E-state index in [0.29, 0.717) is 43.3 Å². The molecular weight excluding hydrogens is 356 g/mol. The Bertz CT molecular complexity index is 759. The van der Waals surface area contributed by atoms with Crippen LogP contribution in [0.4, 0.5) is 8.78 Å². The van der Waals surface area contributed by atoms with Crippen LogP contribution in [0.15, 0.2) is 42.5 Å². The lowest BCUT2D eigenvalue weighted by atomic mass is 10.1. The summed E-state index contributed by atoms with van der Waals surface area (Å²) in [6.45, 7) is 2.12. The molecule has 1 N–H and O–H groups in total. The van der Waals surface area contributed by atoms with Crippen LogP contribution < -0.4 is 9.47 Å². The van der Waals surface area contributed by atoms with Gasteiger partial charge in [0.05, 0.1) is 19.8 Å². The number of hydrogen-bond donors (Lipinski definition) is 1. The number of halogens is 2. The Morgan fingerprint density at radius 3 is 2.78 bits per heavy atom. The predicted molar refractivity (Wildman–Crippen MR) is 96.0 cm³/mol. The number of morpholine rings is 1. The van der Waals surface area contributed by atoms with E-state index in [1.54, 1.807) is 19.2 Å². The fourth-order valence-electron chi connectivity index (χ4n) is 3.02. The van der Waals surface area contributed by atoms with E-state index in [0.717, 1.165) is 12.1 Å². The summed E-state index contributed by atoms with van der Waals surface area (Å²) in [5.41, 5.74) is 0.584. The van der Waals surface area contributed by atoms with Gasteiger partial charge >= 0.3 is 0 Å². The summed E-state index contributed by atoms with van der Waals surface area (Å²) in [7, 11) is 1.58. The lowest BCUT2D eigenvalue weighted by Gasteiger charge is -2.34. The summed E-state index contributed by atoms with van der Waals surface area (Å²) in [4.78, 5) is 2.02. The van der Waals surface area contributed by atoms with E-state index in [4.69, 9.17) is 14.2 Å². The van der Waals surface area contributed by atoms with Crippen LogP contribution in [0, 0.1) is 11.6 Å². The highest BCUT2D eigenvalue weighted by atomic mass is 19.2. The van der Waals surface area contributed by atoms with Gasteiger partial charge < -0.3 is 19.3 Å². The van der Waals surface area contributed by atoms with Gasteiger partial charge in [0.25, 0.3) is 0 Å². The summed E-state index contributed by atoms with van der Waals surface area (Å²) < 4.78 is 43.0. The van der Waals surface area contributed by atoms with Gasteiger partial charge in [-0.15, -0.1) is 0 Å². The molecule has 2 atom stereocenters. The third kappa shape index (κ3) is 5.38. The number of β-amino-alcohol motifs (C(OH)–C–C–N with tert-alkyl or cyclic N) is 1. The molecule has 1 saturated heterocycles. The van der Waals surface area contributed by atoms with Crippen molar-refractivity contribution in [1.82, 2.24) is 4.90 Å². The minimum absolute atomic E-state index is 0.139. The first-order valence-electron chi connectivity index (χ1n) is 8.79. The normalized spacial score (nSPS) is 18.9. The molecule has 1 aliphatic heterocycles. The molecule has 0 bridgehead atoms. The van der Waals surface area contributed by atoms with Crippen molar-refractivity contribution in [2.75, 3.05) is 40.0 Å². The van der Waals surface area contributed by atoms with Gasteiger partial charge in [0.1, 0.15) is 24.2 Å². The minimum Gasteiger partial charge on any atom is -0.497 e. The average Bonchev–Trinajstić information content (AvgIpc) is 2.69. The van der Waals surface area contributed by atoms with E-state index in [9.17, 15) is 13.9 Å². The maximum atomic E-state index is 13.4. The van der Waals surface area contributed by atoms with Gasteiger partial charge in [-0.2, -0.15) is 0 Å². The quantitative estimate of drug-likeness (QED) is 0.802. The molecule has 2 aromatic rings. The maximum Gasteiger partial charge on any atom is 0.159 e. The van der Waals surface area contributed by atoms with Crippen LogP contribution in [0.25, 0.3) is 0 Å². The number of ether oxygens (including phenoxy) is 3. The van der Waals surface area contributed by atoms with Crippen molar-refractivity contribution < 1.29 is 28.1 Å². The summed E-state index contributed by atoms with van der Waals surface area (Å²) in [6.07, 6.45) is -1.06. The molecule has 0 spiro atoms. The van der Waals surface area contributed by atoms with Gasteiger partial charge in [-0.05, 0) is 29.8 Å². The molecule has 2 unspecified atom stereocenters. The number of nitrogens with zero attached hydrogens (tertiary/aromatic N) is 1. The highest BCUT2D eigenvalue weighted by Crippen LogP contribution is 2.24. The molecule has 27 heavy (non-hydrogen) atoms. The highest BCUT2D eigenvalue weighted by Gasteiger charge is 2.24. The molecule has 2 aromatic carbocycles. The number of methoxy groups -OCH3 is 1. The van der Waals surface area contributed by atoms with E-state index in [2.05, 4.69) is 0 Å². The summed E-state index contributed by atoms with van der Waals surface area (Å²) in [6, 6.07) is 11.0. The Kier molecular flexibility index (Phi) is 6.60. The fourth-order valence-corrected chi connectivity index (χ4v) is 3.02. The van der Waals surface area contributed by atoms with Crippen LogP contribution in [-0.2, 0) is 4.74 Å². The largest absolute Gasteiger partial charge is 0.497 e.